The van der Waals surface area contributed by atoms with Crippen molar-refractivity contribution in [3.63, 3.8) is 0 Å². The molecule has 1 heterocycles. The lowest BCUT2D eigenvalue weighted by Gasteiger charge is -2.10. The summed E-state index contributed by atoms with van der Waals surface area (Å²) in [7, 11) is -4.02. The van der Waals surface area contributed by atoms with Crippen molar-refractivity contribution in [1.29, 1.82) is 0 Å². The number of nitrogens with one attached hydrogen (secondary N) is 1. The number of carbonyl (C=O) groups excluding carboxylic acids is 1. The second-order valence-electron chi connectivity index (χ2n) is 5.48. The largest absolute Gasteiger partial charge is 0.508 e. The van der Waals surface area contributed by atoms with Crippen molar-refractivity contribution >= 4 is 32.6 Å². The van der Waals surface area contributed by atoms with Crippen molar-refractivity contribution in [2.45, 2.75) is 11.8 Å². The van der Waals surface area contributed by atoms with E-state index in [-0.39, 0.29) is 39.7 Å². The highest BCUT2D eigenvalue weighted by atomic mass is 32.2. The summed E-state index contributed by atoms with van der Waals surface area (Å²) < 4.78 is 37.7. The number of benzene rings is 2. The molecule has 27 heavy (non-hydrogen) atoms. The molecule has 0 unspecified atom stereocenters. The lowest BCUT2D eigenvalue weighted by molar-refractivity contribution is 0.0490. The topological polar surface area (TPSA) is 123 Å². The molecule has 2 aromatic carbocycles. The third kappa shape index (κ3) is 3.77. The molecule has 1 aromatic heterocycles. The number of fused-ring (bicyclic) bond motifs is 1. The van der Waals surface area contributed by atoms with Gasteiger partial charge in [0.2, 0.25) is 5.76 Å². The summed E-state index contributed by atoms with van der Waals surface area (Å²) in [5.41, 5.74) is -0.607. The number of para-hydroxylation sites is 1. The van der Waals surface area contributed by atoms with Crippen molar-refractivity contribution in [3.05, 3.63) is 64.5 Å². The third-order valence-corrected chi connectivity index (χ3v) is 5.00. The molecular weight excluding hydrogens is 374 g/mol. The molecule has 140 valence electrons. The van der Waals surface area contributed by atoms with Crippen molar-refractivity contribution in [3.8, 4) is 5.75 Å². The molecule has 2 N–H and O–H groups in total. The van der Waals surface area contributed by atoms with Gasteiger partial charge in [-0.1, -0.05) is 6.07 Å². The molecule has 0 aliphatic rings. The summed E-state index contributed by atoms with van der Waals surface area (Å²) in [4.78, 5) is 24.0. The van der Waals surface area contributed by atoms with E-state index in [4.69, 9.17) is 9.15 Å². The highest BCUT2D eigenvalue weighted by molar-refractivity contribution is 7.92. The number of carbonyl (C=O) groups is 1. The fourth-order valence-electron chi connectivity index (χ4n) is 2.39. The van der Waals surface area contributed by atoms with E-state index in [2.05, 4.69) is 4.72 Å². The maximum Gasteiger partial charge on any atom is 0.374 e. The molecule has 3 rings (SSSR count). The Hall–Kier alpha value is -3.33. The first-order valence-electron chi connectivity index (χ1n) is 7.87. The predicted octanol–water partition coefficient (Wildman–Crippen LogP) is 2.48. The average Bonchev–Trinajstić information content (AvgIpc) is 2.62. The van der Waals surface area contributed by atoms with E-state index in [1.165, 1.54) is 42.5 Å². The van der Waals surface area contributed by atoms with Crippen LogP contribution in [-0.4, -0.2) is 26.1 Å². The molecule has 0 saturated heterocycles. The molecule has 3 aromatic rings. The smallest absolute Gasteiger partial charge is 0.374 e. The lowest BCUT2D eigenvalue weighted by Crippen LogP contribution is -2.15. The first kappa shape index (κ1) is 18.5. The van der Waals surface area contributed by atoms with Gasteiger partial charge in [-0.3, -0.25) is 9.52 Å². The zero-order valence-corrected chi connectivity index (χ0v) is 14.9. The van der Waals surface area contributed by atoms with E-state index >= 15 is 0 Å². The van der Waals surface area contributed by atoms with Gasteiger partial charge in [0, 0.05) is 6.07 Å². The number of ether oxygens (including phenoxy) is 1. The van der Waals surface area contributed by atoms with Crippen LogP contribution in [0.25, 0.3) is 11.0 Å². The molecule has 8 nitrogen and oxygen atoms in total. The maximum atomic E-state index is 12.6. The molecule has 9 heteroatoms. The molecule has 0 radical (unpaired) electrons. The Labute approximate surface area is 154 Å². The van der Waals surface area contributed by atoms with Crippen LogP contribution in [-0.2, 0) is 14.8 Å². The molecule has 0 amide bonds. The average molecular weight is 389 g/mol. The van der Waals surface area contributed by atoms with Crippen LogP contribution in [0.1, 0.15) is 17.5 Å². The van der Waals surface area contributed by atoms with E-state index in [0.29, 0.717) is 0 Å². The first-order chi connectivity index (χ1) is 12.8. The van der Waals surface area contributed by atoms with Crippen LogP contribution in [0, 0.1) is 0 Å². The van der Waals surface area contributed by atoms with E-state index in [0.717, 1.165) is 6.07 Å². The van der Waals surface area contributed by atoms with E-state index in [1.54, 1.807) is 6.92 Å². The Morgan fingerprint density at radius 1 is 1.19 bits per heavy atom. The predicted molar refractivity (Wildman–Crippen MR) is 97.4 cm³/mol. The van der Waals surface area contributed by atoms with Crippen LogP contribution in [0.2, 0.25) is 0 Å². The number of sulfonamides is 1. The zero-order valence-electron chi connectivity index (χ0n) is 14.1. The molecular formula is C18H15NO7S. The molecule has 0 spiro atoms. The molecule has 0 saturated carbocycles. The highest BCUT2D eigenvalue weighted by Crippen LogP contribution is 2.26. The number of rotatable bonds is 5. The summed E-state index contributed by atoms with van der Waals surface area (Å²) in [6.45, 7) is 1.70. The monoisotopic (exact) mass is 389 g/mol. The van der Waals surface area contributed by atoms with Gasteiger partial charge in [0.1, 0.15) is 5.75 Å². The van der Waals surface area contributed by atoms with Crippen molar-refractivity contribution < 1.29 is 27.5 Å². The SMILES string of the molecule is CCOC(=O)c1cc(=O)c2cccc(NS(=O)(=O)c3ccc(O)cc3)c2o1. The Morgan fingerprint density at radius 2 is 1.89 bits per heavy atom. The minimum absolute atomic E-state index is 0.0103. The van der Waals surface area contributed by atoms with Crippen LogP contribution in [0.15, 0.2) is 62.6 Å². The van der Waals surface area contributed by atoms with Crippen molar-refractivity contribution in [2.24, 2.45) is 0 Å². The fourth-order valence-corrected chi connectivity index (χ4v) is 3.45. The van der Waals surface area contributed by atoms with Gasteiger partial charge in [0.05, 0.1) is 22.6 Å². The van der Waals surface area contributed by atoms with Gasteiger partial charge in [-0.05, 0) is 43.3 Å². The van der Waals surface area contributed by atoms with Gasteiger partial charge in [-0.25, -0.2) is 13.2 Å². The van der Waals surface area contributed by atoms with Crippen molar-refractivity contribution in [2.75, 3.05) is 11.3 Å². The van der Waals surface area contributed by atoms with Crippen LogP contribution in [0.4, 0.5) is 5.69 Å². The summed E-state index contributed by atoms with van der Waals surface area (Å²) in [6.07, 6.45) is 0. The number of hydrogen-bond donors (Lipinski definition) is 2. The van der Waals surface area contributed by atoms with Crippen LogP contribution >= 0.6 is 0 Å². The Kier molecular flexibility index (Phi) is 4.87. The Morgan fingerprint density at radius 3 is 2.56 bits per heavy atom. The number of esters is 1. The van der Waals surface area contributed by atoms with Gasteiger partial charge in [-0.15, -0.1) is 0 Å². The third-order valence-electron chi connectivity index (χ3n) is 3.62. The van der Waals surface area contributed by atoms with Crippen LogP contribution < -0.4 is 10.2 Å². The Bertz CT molecular complexity index is 1160. The first-order valence-corrected chi connectivity index (χ1v) is 9.36. The summed E-state index contributed by atoms with van der Waals surface area (Å²) in [6, 6.07) is 10.3. The molecule has 0 aliphatic heterocycles. The summed E-state index contributed by atoms with van der Waals surface area (Å²) in [5, 5.41) is 9.41. The van der Waals surface area contributed by atoms with Crippen molar-refractivity contribution in [1.82, 2.24) is 0 Å². The van der Waals surface area contributed by atoms with Gasteiger partial charge >= 0.3 is 5.97 Å². The Balaban J connectivity index is 2.10. The second-order valence-corrected chi connectivity index (χ2v) is 7.16. The van der Waals surface area contributed by atoms with E-state index < -0.39 is 21.4 Å². The number of aromatic hydroxyl groups is 1. The highest BCUT2D eigenvalue weighted by Gasteiger charge is 2.19. The number of hydrogen-bond acceptors (Lipinski definition) is 7. The number of phenols is 1. The molecule has 0 bridgehead atoms. The van der Waals surface area contributed by atoms with Gasteiger partial charge < -0.3 is 14.3 Å². The second kappa shape index (κ2) is 7.12. The zero-order chi connectivity index (χ0) is 19.6. The van der Waals surface area contributed by atoms with E-state index in [1.807, 2.05) is 0 Å². The number of anilines is 1. The standard InChI is InChI=1S/C18H15NO7S/c1-2-25-18(22)16-10-15(21)13-4-3-5-14(17(13)26-16)19-27(23,24)12-8-6-11(20)7-9-12/h3-10,19-20H,2H2,1H3. The minimum atomic E-state index is -4.02. The van der Waals surface area contributed by atoms with Crippen LogP contribution in [0.3, 0.4) is 0 Å². The minimum Gasteiger partial charge on any atom is -0.508 e. The number of phenolic OH excluding ortho intramolecular Hbond substituents is 1. The quantitative estimate of drug-likeness (QED) is 0.643. The fraction of sp³-hybridized carbons (Fsp3) is 0.111. The maximum absolute atomic E-state index is 12.6. The van der Waals surface area contributed by atoms with Gasteiger partial charge in [0.25, 0.3) is 10.0 Å². The van der Waals surface area contributed by atoms with Gasteiger partial charge in [-0.2, -0.15) is 0 Å². The summed E-state index contributed by atoms with van der Waals surface area (Å²) in [5.74, 6) is -1.23. The van der Waals surface area contributed by atoms with Gasteiger partial charge in [0.15, 0.2) is 11.0 Å². The molecule has 0 fully saturated rings. The van der Waals surface area contributed by atoms with Crippen LogP contribution in [0.5, 0.6) is 5.75 Å². The molecule has 0 aliphatic carbocycles. The normalized spacial score (nSPS) is 11.3. The summed E-state index contributed by atoms with van der Waals surface area (Å²) >= 11 is 0. The lowest BCUT2D eigenvalue weighted by atomic mass is 10.2. The molecule has 0 atom stereocenters. The van der Waals surface area contributed by atoms with E-state index in [9.17, 15) is 23.1 Å².